The maximum absolute atomic E-state index is 12.5. The molecule has 1 amide bonds. The van der Waals surface area contributed by atoms with E-state index < -0.39 is 0 Å². The molecule has 0 spiro atoms. The fourth-order valence-electron chi connectivity index (χ4n) is 3.06. The van der Waals surface area contributed by atoms with Crippen LogP contribution in [0.4, 0.5) is 0 Å². The first-order valence-corrected chi connectivity index (χ1v) is 6.35. The number of nitrogens with one attached hydrogen (secondary N) is 1. The van der Waals surface area contributed by atoms with Gasteiger partial charge in [-0.3, -0.25) is 4.79 Å². The molecule has 4 nitrogen and oxygen atoms in total. The monoisotopic (exact) mass is 234 g/mol. The van der Waals surface area contributed by atoms with Crippen LogP contribution in [0.25, 0.3) is 0 Å². The molecule has 2 unspecified atom stereocenters. The van der Waals surface area contributed by atoms with E-state index in [0.29, 0.717) is 12.1 Å². The quantitative estimate of drug-likeness (QED) is 0.802. The van der Waals surface area contributed by atoms with Gasteiger partial charge < -0.3 is 14.6 Å². The Labute approximate surface area is 101 Å². The molecule has 1 aromatic rings. The van der Waals surface area contributed by atoms with E-state index in [0.717, 1.165) is 43.7 Å². The molecule has 2 aliphatic rings. The summed E-state index contributed by atoms with van der Waals surface area (Å²) in [7, 11) is 0. The fourth-order valence-corrected chi connectivity index (χ4v) is 3.06. The second-order valence-corrected chi connectivity index (χ2v) is 4.98. The molecule has 92 valence electrons. The van der Waals surface area contributed by atoms with Crippen LogP contribution in [0, 0.1) is 6.92 Å². The molecule has 1 aromatic heterocycles. The highest BCUT2D eigenvalue weighted by Gasteiger charge is 2.38. The minimum atomic E-state index is 0.146. The zero-order valence-electron chi connectivity index (χ0n) is 10.1. The first-order chi connectivity index (χ1) is 8.27. The number of fused-ring (bicyclic) bond motifs is 2. The van der Waals surface area contributed by atoms with Gasteiger partial charge in [0.1, 0.15) is 5.76 Å². The Hall–Kier alpha value is -1.29. The maximum Gasteiger partial charge on any atom is 0.257 e. The average Bonchev–Trinajstić information content (AvgIpc) is 2.81. The third-order valence-electron chi connectivity index (χ3n) is 3.98. The van der Waals surface area contributed by atoms with Crippen molar-refractivity contribution in [3.63, 3.8) is 0 Å². The largest absolute Gasteiger partial charge is 0.469 e. The van der Waals surface area contributed by atoms with Crippen LogP contribution in [0.1, 0.15) is 35.4 Å². The molecule has 17 heavy (non-hydrogen) atoms. The van der Waals surface area contributed by atoms with Gasteiger partial charge >= 0.3 is 0 Å². The molecule has 2 atom stereocenters. The standard InChI is InChI=1S/C13H18N2O2/c1-9-12(5-7-17-9)13(16)15-10-2-3-11(15)8-14-6-4-10/h5,7,10-11,14H,2-4,6,8H2,1H3. The van der Waals surface area contributed by atoms with Crippen molar-refractivity contribution in [3.05, 3.63) is 23.7 Å². The minimum absolute atomic E-state index is 0.146. The number of rotatable bonds is 1. The van der Waals surface area contributed by atoms with Crippen molar-refractivity contribution in [1.29, 1.82) is 0 Å². The van der Waals surface area contributed by atoms with Crippen LogP contribution in [0.15, 0.2) is 16.7 Å². The van der Waals surface area contributed by atoms with Gasteiger partial charge in [0.05, 0.1) is 11.8 Å². The van der Waals surface area contributed by atoms with E-state index in [1.807, 2.05) is 6.92 Å². The second-order valence-electron chi connectivity index (χ2n) is 4.98. The van der Waals surface area contributed by atoms with Crippen molar-refractivity contribution in [2.45, 2.75) is 38.3 Å². The van der Waals surface area contributed by atoms with Gasteiger partial charge in [0.2, 0.25) is 0 Å². The lowest BCUT2D eigenvalue weighted by molar-refractivity contribution is 0.0678. The maximum atomic E-state index is 12.5. The summed E-state index contributed by atoms with van der Waals surface area (Å²) in [5, 5.41) is 3.41. The SMILES string of the molecule is Cc1occc1C(=O)N1C2CCNCC1CC2. The number of furan rings is 1. The van der Waals surface area contributed by atoms with Crippen molar-refractivity contribution in [1.82, 2.24) is 10.2 Å². The molecule has 0 aromatic carbocycles. The predicted molar refractivity (Wildman–Crippen MR) is 63.9 cm³/mol. The molecule has 2 fully saturated rings. The predicted octanol–water partition coefficient (Wildman–Crippen LogP) is 1.55. The minimum Gasteiger partial charge on any atom is -0.469 e. The Bertz CT molecular complexity index is 413. The fraction of sp³-hybridized carbons (Fsp3) is 0.615. The Kier molecular flexibility index (Phi) is 2.67. The van der Waals surface area contributed by atoms with E-state index in [1.54, 1.807) is 12.3 Å². The number of carbonyl (C=O) groups excluding carboxylic acids is 1. The highest BCUT2D eigenvalue weighted by atomic mass is 16.3. The number of carbonyl (C=O) groups is 1. The average molecular weight is 234 g/mol. The van der Waals surface area contributed by atoms with Gasteiger partial charge in [-0.2, -0.15) is 0 Å². The first-order valence-electron chi connectivity index (χ1n) is 6.35. The zero-order chi connectivity index (χ0) is 11.8. The third-order valence-corrected chi connectivity index (χ3v) is 3.98. The smallest absolute Gasteiger partial charge is 0.257 e. The summed E-state index contributed by atoms with van der Waals surface area (Å²) in [6.45, 7) is 3.81. The van der Waals surface area contributed by atoms with Gasteiger partial charge in [-0.1, -0.05) is 0 Å². The molecular weight excluding hydrogens is 216 g/mol. The molecule has 0 radical (unpaired) electrons. The van der Waals surface area contributed by atoms with Crippen molar-refractivity contribution < 1.29 is 9.21 Å². The highest BCUT2D eigenvalue weighted by Crippen LogP contribution is 2.30. The van der Waals surface area contributed by atoms with Crippen molar-refractivity contribution >= 4 is 5.91 Å². The van der Waals surface area contributed by atoms with Crippen molar-refractivity contribution in [2.24, 2.45) is 0 Å². The summed E-state index contributed by atoms with van der Waals surface area (Å²) in [6.07, 6.45) is 4.94. The topological polar surface area (TPSA) is 45.5 Å². The zero-order valence-corrected chi connectivity index (χ0v) is 10.1. The Morgan fingerprint density at radius 1 is 1.41 bits per heavy atom. The number of amides is 1. The van der Waals surface area contributed by atoms with E-state index in [-0.39, 0.29) is 5.91 Å². The van der Waals surface area contributed by atoms with E-state index >= 15 is 0 Å². The summed E-state index contributed by atoms with van der Waals surface area (Å²) in [4.78, 5) is 14.6. The summed E-state index contributed by atoms with van der Waals surface area (Å²) < 4.78 is 5.24. The molecule has 2 aliphatic heterocycles. The van der Waals surface area contributed by atoms with Gasteiger partial charge in [0, 0.05) is 18.6 Å². The van der Waals surface area contributed by atoms with Gasteiger partial charge in [-0.25, -0.2) is 0 Å². The summed E-state index contributed by atoms with van der Waals surface area (Å²) in [5.41, 5.74) is 0.726. The summed E-state index contributed by atoms with van der Waals surface area (Å²) in [5.74, 6) is 0.874. The Morgan fingerprint density at radius 3 is 3.00 bits per heavy atom. The van der Waals surface area contributed by atoms with Gasteiger partial charge in [0.15, 0.2) is 0 Å². The lowest BCUT2D eigenvalue weighted by Crippen LogP contribution is -2.42. The Balaban J connectivity index is 1.88. The van der Waals surface area contributed by atoms with E-state index in [9.17, 15) is 4.79 Å². The summed E-state index contributed by atoms with van der Waals surface area (Å²) in [6, 6.07) is 2.57. The van der Waals surface area contributed by atoms with Crippen LogP contribution in [0.5, 0.6) is 0 Å². The van der Waals surface area contributed by atoms with Crippen LogP contribution in [-0.2, 0) is 0 Å². The van der Waals surface area contributed by atoms with Crippen LogP contribution >= 0.6 is 0 Å². The van der Waals surface area contributed by atoms with Crippen molar-refractivity contribution in [2.75, 3.05) is 13.1 Å². The molecule has 3 rings (SSSR count). The van der Waals surface area contributed by atoms with Crippen LogP contribution < -0.4 is 5.32 Å². The first kappa shape index (κ1) is 10.8. The number of hydrogen-bond acceptors (Lipinski definition) is 3. The third kappa shape index (κ3) is 1.76. The molecule has 2 bridgehead atoms. The number of aryl methyl sites for hydroxylation is 1. The molecule has 2 saturated heterocycles. The van der Waals surface area contributed by atoms with Crippen LogP contribution in [0.3, 0.4) is 0 Å². The second kappa shape index (κ2) is 4.18. The van der Waals surface area contributed by atoms with Gasteiger partial charge in [-0.15, -0.1) is 0 Å². The number of hydrogen-bond donors (Lipinski definition) is 1. The molecule has 1 N–H and O–H groups in total. The van der Waals surface area contributed by atoms with E-state index in [4.69, 9.17) is 4.42 Å². The van der Waals surface area contributed by atoms with Crippen molar-refractivity contribution in [3.8, 4) is 0 Å². The Morgan fingerprint density at radius 2 is 2.24 bits per heavy atom. The molecule has 3 heterocycles. The normalized spacial score (nSPS) is 28.2. The summed E-state index contributed by atoms with van der Waals surface area (Å²) >= 11 is 0. The number of nitrogens with zero attached hydrogens (tertiary/aromatic N) is 1. The van der Waals surface area contributed by atoms with Crippen LogP contribution in [0.2, 0.25) is 0 Å². The lowest BCUT2D eigenvalue weighted by Gasteiger charge is -2.27. The molecule has 0 saturated carbocycles. The van der Waals surface area contributed by atoms with Gasteiger partial charge in [-0.05, 0) is 38.8 Å². The van der Waals surface area contributed by atoms with Crippen LogP contribution in [-0.4, -0.2) is 36.0 Å². The molecule has 4 heteroatoms. The lowest BCUT2D eigenvalue weighted by atomic mass is 10.1. The molecular formula is C13H18N2O2. The highest BCUT2D eigenvalue weighted by molar-refractivity contribution is 5.95. The van der Waals surface area contributed by atoms with E-state index in [1.165, 1.54) is 0 Å². The van der Waals surface area contributed by atoms with E-state index in [2.05, 4.69) is 10.2 Å². The van der Waals surface area contributed by atoms with Gasteiger partial charge in [0.25, 0.3) is 5.91 Å². The molecule has 0 aliphatic carbocycles.